The minimum Gasteiger partial charge on any atom is -0.299 e. The van der Waals surface area contributed by atoms with Crippen LogP contribution in [0.4, 0.5) is 5.82 Å². The summed E-state index contributed by atoms with van der Waals surface area (Å²) >= 11 is 0. The van der Waals surface area contributed by atoms with Crippen molar-refractivity contribution in [1.82, 2.24) is 9.97 Å². The van der Waals surface area contributed by atoms with Crippen LogP contribution in [0.1, 0.15) is 17.5 Å². The van der Waals surface area contributed by atoms with Gasteiger partial charge in [-0.1, -0.05) is 60.7 Å². The maximum atomic E-state index is 13.1. The Morgan fingerprint density at radius 3 is 2.33 bits per heavy atom. The molecule has 1 N–H and O–H groups in total. The standard InChI is InChI=1S/C26H23N3O3S/c30-23(14-12-20-7-6-16-27-18-20)17-21-13-15-26(28-19-21)29-33(31,32)25-11-5-4-10-24(25)22-8-2-1-3-9-22/h1-11,13,15-16,18-19H,12,14,17H2,(H,28,29). The van der Waals surface area contributed by atoms with Gasteiger partial charge in [0, 0.05) is 37.0 Å². The number of hydrogen-bond acceptors (Lipinski definition) is 5. The van der Waals surface area contributed by atoms with E-state index in [-0.39, 0.29) is 22.9 Å². The summed E-state index contributed by atoms with van der Waals surface area (Å²) in [6, 6.07) is 23.3. The Morgan fingerprint density at radius 1 is 0.818 bits per heavy atom. The molecule has 2 aromatic carbocycles. The molecule has 2 aromatic heterocycles. The third kappa shape index (κ3) is 5.90. The molecule has 4 rings (SSSR count). The molecule has 0 aliphatic rings. The van der Waals surface area contributed by atoms with Gasteiger partial charge in [-0.05, 0) is 41.3 Å². The molecule has 0 amide bonds. The Kier molecular flexibility index (Phi) is 6.90. The summed E-state index contributed by atoms with van der Waals surface area (Å²) in [5.41, 5.74) is 3.18. The summed E-state index contributed by atoms with van der Waals surface area (Å²) in [5, 5.41) is 0. The molecule has 0 saturated heterocycles. The summed E-state index contributed by atoms with van der Waals surface area (Å²) in [6.45, 7) is 0. The maximum absolute atomic E-state index is 13.1. The Labute approximate surface area is 193 Å². The predicted octanol–water partition coefficient (Wildman–Crippen LogP) is 4.69. The average molecular weight is 458 g/mol. The van der Waals surface area contributed by atoms with Crippen molar-refractivity contribution in [3.63, 3.8) is 0 Å². The molecule has 33 heavy (non-hydrogen) atoms. The number of aromatic nitrogens is 2. The Bertz CT molecular complexity index is 1320. The highest BCUT2D eigenvalue weighted by atomic mass is 32.2. The van der Waals surface area contributed by atoms with Gasteiger partial charge in [0.25, 0.3) is 10.0 Å². The second-order valence-corrected chi connectivity index (χ2v) is 9.25. The van der Waals surface area contributed by atoms with Gasteiger partial charge in [-0.3, -0.25) is 14.5 Å². The zero-order chi connectivity index (χ0) is 23.1. The first kappa shape index (κ1) is 22.4. The van der Waals surface area contributed by atoms with E-state index in [1.54, 1.807) is 48.8 Å². The molecule has 0 aliphatic heterocycles. The number of sulfonamides is 1. The van der Waals surface area contributed by atoms with E-state index in [0.29, 0.717) is 18.4 Å². The first-order valence-corrected chi connectivity index (χ1v) is 12.0. The van der Waals surface area contributed by atoms with Crippen molar-refractivity contribution >= 4 is 21.6 Å². The van der Waals surface area contributed by atoms with Crippen molar-refractivity contribution in [2.75, 3.05) is 4.72 Å². The highest BCUT2D eigenvalue weighted by Gasteiger charge is 2.19. The molecule has 0 spiro atoms. The molecule has 0 bridgehead atoms. The number of carbonyl (C=O) groups excluding carboxylic acids is 1. The van der Waals surface area contributed by atoms with E-state index >= 15 is 0 Å². The van der Waals surface area contributed by atoms with E-state index in [0.717, 1.165) is 16.7 Å². The van der Waals surface area contributed by atoms with Crippen molar-refractivity contribution in [3.8, 4) is 11.1 Å². The van der Waals surface area contributed by atoms with Crippen LogP contribution in [-0.4, -0.2) is 24.2 Å². The molecule has 0 unspecified atom stereocenters. The highest BCUT2D eigenvalue weighted by Crippen LogP contribution is 2.28. The van der Waals surface area contributed by atoms with Crippen LogP contribution >= 0.6 is 0 Å². The average Bonchev–Trinajstić information content (AvgIpc) is 2.85. The predicted molar refractivity (Wildman–Crippen MR) is 128 cm³/mol. The molecule has 0 fully saturated rings. The quantitative estimate of drug-likeness (QED) is 0.394. The van der Waals surface area contributed by atoms with Crippen LogP contribution in [0, 0.1) is 0 Å². The van der Waals surface area contributed by atoms with Gasteiger partial charge in [-0.2, -0.15) is 0 Å². The minimum atomic E-state index is -3.85. The molecule has 2 heterocycles. The van der Waals surface area contributed by atoms with Crippen LogP contribution in [0.3, 0.4) is 0 Å². The van der Waals surface area contributed by atoms with E-state index in [4.69, 9.17) is 0 Å². The van der Waals surface area contributed by atoms with Crippen molar-refractivity contribution in [2.24, 2.45) is 0 Å². The number of aryl methyl sites for hydroxylation is 1. The van der Waals surface area contributed by atoms with Gasteiger partial charge in [0.2, 0.25) is 0 Å². The molecule has 0 atom stereocenters. The van der Waals surface area contributed by atoms with E-state index in [2.05, 4.69) is 14.7 Å². The van der Waals surface area contributed by atoms with E-state index < -0.39 is 10.0 Å². The largest absolute Gasteiger partial charge is 0.299 e. The summed E-state index contributed by atoms with van der Waals surface area (Å²) in [6.07, 6.45) is 6.29. The van der Waals surface area contributed by atoms with Gasteiger partial charge in [0.1, 0.15) is 11.6 Å². The lowest BCUT2D eigenvalue weighted by Gasteiger charge is -2.12. The van der Waals surface area contributed by atoms with E-state index in [1.165, 1.54) is 6.20 Å². The number of carbonyl (C=O) groups is 1. The molecule has 7 heteroatoms. The van der Waals surface area contributed by atoms with Gasteiger partial charge < -0.3 is 0 Å². The van der Waals surface area contributed by atoms with Gasteiger partial charge in [0.15, 0.2) is 0 Å². The molecule has 0 saturated carbocycles. The molecule has 0 aliphatic carbocycles. The second-order valence-electron chi connectivity index (χ2n) is 7.60. The number of rotatable bonds is 9. The first-order chi connectivity index (χ1) is 16.0. The van der Waals surface area contributed by atoms with Gasteiger partial charge in [-0.15, -0.1) is 0 Å². The number of ketones is 1. The van der Waals surface area contributed by atoms with Gasteiger partial charge in [-0.25, -0.2) is 13.4 Å². The van der Waals surface area contributed by atoms with Crippen LogP contribution in [-0.2, 0) is 27.7 Å². The third-order valence-electron chi connectivity index (χ3n) is 5.14. The number of nitrogens with one attached hydrogen (secondary N) is 1. The summed E-state index contributed by atoms with van der Waals surface area (Å²) < 4.78 is 28.7. The fraction of sp³-hybridized carbons (Fsp3) is 0.115. The summed E-state index contributed by atoms with van der Waals surface area (Å²) in [4.78, 5) is 20.7. The maximum Gasteiger partial charge on any atom is 0.263 e. The fourth-order valence-corrected chi connectivity index (χ4v) is 4.72. The fourth-order valence-electron chi connectivity index (χ4n) is 3.49. The minimum absolute atomic E-state index is 0.0887. The summed E-state index contributed by atoms with van der Waals surface area (Å²) in [7, 11) is -3.85. The zero-order valence-corrected chi connectivity index (χ0v) is 18.7. The second kappa shape index (κ2) is 10.2. The molecule has 0 radical (unpaired) electrons. The van der Waals surface area contributed by atoms with Crippen molar-refractivity contribution in [1.29, 1.82) is 0 Å². The van der Waals surface area contributed by atoms with Crippen LogP contribution in [0.15, 0.2) is 102 Å². The topological polar surface area (TPSA) is 89.0 Å². The van der Waals surface area contributed by atoms with Gasteiger partial charge >= 0.3 is 0 Å². The Hall–Kier alpha value is -3.84. The normalized spacial score (nSPS) is 11.2. The smallest absolute Gasteiger partial charge is 0.263 e. The first-order valence-electron chi connectivity index (χ1n) is 10.5. The molecule has 6 nitrogen and oxygen atoms in total. The van der Waals surface area contributed by atoms with Crippen LogP contribution < -0.4 is 4.72 Å². The number of Topliss-reactive ketones (excluding diaryl/α,β-unsaturated/α-hetero) is 1. The lowest BCUT2D eigenvalue weighted by Crippen LogP contribution is -2.15. The van der Waals surface area contributed by atoms with Crippen LogP contribution in [0.25, 0.3) is 11.1 Å². The Morgan fingerprint density at radius 2 is 1.61 bits per heavy atom. The van der Waals surface area contributed by atoms with E-state index in [1.807, 2.05) is 42.5 Å². The number of pyridine rings is 2. The highest BCUT2D eigenvalue weighted by molar-refractivity contribution is 7.92. The lowest BCUT2D eigenvalue weighted by molar-refractivity contribution is -0.118. The molecule has 4 aromatic rings. The third-order valence-corrected chi connectivity index (χ3v) is 6.55. The molecular formula is C26H23N3O3S. The monoisotopic (exact) mass is 457 g/mol. The summed E-state index contributed by atoms with van der Waals surface area (Å²) in [5.74, 6) is 0.287. The van der Waals surface area contributed by atoms with Crippen molar-refractivity contribution in [3.05, 3.63) is 109 Å². The van der Waals surface area contributed by atoms with Crippen molar-refractivity contribution < 1.29 is 13.2 Å². The van der Waals surface area contributed by atoms with Crippen LogP contribution in [0.2, 0.25) is 0 Å². The van der Waals surface area contributed by atoms with Crippen LogP contribution in [0.5, 0.6) is 0 Å². The van der Waals surface area contributed by atoms with E-state index in [9.17, 15) is 13.2 Å². The Balaban J connectivity index is 1.42. The molecular weight excluding hydrogens is 434 g/mol. The number of nitrogens with zero attached hydrogens (tertiary/aromatic N) is 2. The zero-order valence-electron chi connectivity index (χ0n) is 17.9. The van der Waals surface area contributed by atoms with Crippen molar-refractivity contribution in [2.45, 2.75) is 24.2 Å². The number of anilines is 1. The SMILES string of the molecule is O=C(CCc1cccnc1)Cc1ccc(NS(=O)(=O)c2ccccc2-c2ccccc2)nc1. The van der Waals surface area contributed by atoms with Gasteiger partial charge in [0.05, 0.1) is 4.90 Å². The molecule has 166 valence electrons. The number of hydrogen-bond donors (Lipinski definition) is 1. The number of benzene rings is 2. The lowest BCUT2D eigenvalue weighted by atomic mass is 10.0.